The molecule has 0 spiro atoms. The van der Waals surface area contributed by atoms with Gasteiger partial charge in [-0.15, -0.1) is 3.89 Å². The van der Waals surface area contributed by atoms with Crippen molar-refractivity contribution in [1.29, 1.82) is 0 Å². The van der Waals surface area contributed by atoms with Crippen LogP contribution in [0.2, 0.25) is 0 Å². The molecule has 0 aliphatic heterocycles. The molecule has 3 heteroatoms. The predicted octanol–water partition coefficient (Wildman–Crippen LogP) is 4.03. The molecule has 0 saturated heterocycles. The fraction of sp³-hybridized carbons (Fsp3) is 0.400. The molecule has 72 valence electrons. The van der Waals surface area contributed by atoms with Gasteiger partial charge in [0.25, 0.3) is 12.4 Å². The maximum Gasteiger partial charge on any atom is 0.272 e. The molecule has 1 nitrogen and oxygen atoms in total. The van der Waals surface area contributed by atoms with Crippen molar-refractivity contribution in [3.63, 3.8) is 0 Å². The zero-order valence-corrected chi connectivity index (χ0v) is 8.82. The van der Waals surface area contributed by atoms with Gasteiger partial charge in [0.05, 0.1) is 0 Å². The molecule has 0 aliphatic rings. The topological polar surface area (TPSA) is 9.23 Å². The molecular weight excluding hydrogens is 187 g/mol. The van der Waals surface area contributed by atoms with Crippen molar-refractivity contribution in [3.05, 3.63) is 29.3 Å². The van der Waals surface area contributed by atoms with Crippen molar-refractivity contribution in [3.8, 4) is 5.75 Å². The highest BCUT2D eigenvalue weighted by Gasteiger charge is 2.08. The molecule has 0 aliphatic carbocycles. The van der Waals surface area contributed by atoms with Crippen LogP contribution in [0.4, 0.5) is 3.89 Å². The summed E-state index contributed by atoms with van der Waals surface area (Å²) in [6.07, 6.45) is 0. The van der Waals surface area contributed by atoms with Crippen molar-refractivity contribution >= 4 is 12.4 Å². The lowest BCUT2D eigenvalue weighted by Crippen LogP contribution is -1.92. The second-order valence-corrected chi connectivity index (χ2v) is 3.63. The Morgan fingerprint density at radius 3 is 2.62 bits per heavy atom. The van der Waals surface area contributed by atoms with Crippen molar-refractivity contribution in [2.24, 2.45) is 0 Å². The molecule has 0 saturated carbocycles. The molecule has 0 atom stereocenters. The number of aryl methyl sites for hydroxylation is 1. The van der Waals surface area contributed by atoms with Crippen LogP contribution in [0, 0.1) is 6.92 Å². The number of rotatable bonds is 3. The quantitative estimate of drug-likeness (QED) is 0.681. The minimum absolute atomic E-state index is 0.105. The first-order chi connectivity index (χ1) is 6.15. The van der Waals surface area contributed by atoms with E-state index in [9.17, 15) is 3.89 Å². The molecule has 13 heavy (non-hydrogen) atoms. The maximum atomic E-state index is 11.9. The van der Waals surface area contributed by atoms with Gasteiger partial charge in [0.2, 0.25) is 0 Å². The summed E-state index contributed by atoms with van der Waals surface area (Å²) in [6.45, 7) is 6.07. The van der Waals surface area contributed by atoms with Crippen LogP contribution < -0.4 is 4.18 Å². The Balaban J connectivity index is 3.03. The van der Waals surface area contributed by atoms with E-state index < -0.39 is 0 Å². The third-order valence-electron chi connectivity index (χ3n) is 1.91. The molecule has 0 unspecified atom stereocenters. The smallest absolute Gasteiger partial charge is 0.272 e. The SMILES string of the molecule is Cc1ccc(C(C)C)c(OSF)c1. The van der Waals surface area contributed by atoms with Gasteiger partial charge in [-0.3, -0.25) is 0 Å². The summed E-state index contributed by atoms with van der Waals surface area (Å²) in [5.41, 5.74) is 2.12. The highest BCUT2D eigenvalue weighted by Crippen LogP contribution is 2.29. The third kappa shape index (κ3) is 2.62. The monoisotopic (exact) mass is 200 g/mol. The van der Waals surface area contributed by atoms with Crippen LogP contribution in [0.5, 0.6) is 5.75 Å². The number of benzene rings is 1. The van der Waals surface area contributed by atoms with Crippen molar-refractivity contribution < 1.29 is 8.07 Å². The molecule has 0 bridgehead atoms. The zero-order valence-electron chi connectivity index (χ0n) is 8.00. The molecule has 0 radical (unpaired) electrons. The summed E-state index contributed by atoms with van der Waals surface area (Å²) in [7, 11) is 0. The Morgan fingerprint density at radius 1 is 1.38 bits per heavy atom. The summed E-state index contributed by atoms with van der Waals surface area (Å²) in [5.74, 6) is 0.977. The van der Waals surface area contributed by atoms with Crippen LogP contribution >= 0.6 is 12.4 Å². The standard InChI is InChI=1S/C10H13FOS/c1-7(2)9-5-4-8(3)6-10(9)12-13-11/h4-7H,1-3H3. The van der Waals surface area contributed by atoms with E-state index in [0.29, 0.717) is 11.7 Å². The van der Waals surface area contributed by atoms with Crippen LogP contribution in [0.15, 0.2) is 18.2 Å². The molecule has 0 fully saturated rings. The lowest BCUT2D eigenvalue weighted by Gasteiger charge is -2.10. The molecule has 0 heterocycles. The second kappa shape index (κ2) is 4.51. The summed E-state index contributed by atoms with van der Waals surface area (Å²) in [4.78, 5) is 0. The average molecular weight is 200 g/mol. The normalized spacial score (nSPS) is 10.5. The van der Waals surface area contributed by atoms with Crippen LogP contribution in [0.1, 0.15) is 30.9 Å². The van der Waals surface area contributed by atoms with E-state index in [1.165, 1.54) is 0 Å². The zero-order chi connectivity index (χ0) is 9.84. The number of hydrogen-bond acceptors (Lipinski definition) is 2. The molecule has 0 N–H and O–H groups in total. The largest absolute Gasteiger partial charge is 0.397 e. The fourth-order valence-electron chi connectivity index (χ4n) is 1.22. The van der Waals surface area contributed by atoms with Crippen molar-refractivity contribution in [1.82, 2.24) is 0 Å². The maximum absolute atomic E-state index is 11.9. The minimum atomic E-state index is -0.105. The van der Waals surface area contributed by atoms with Crippen LogP contribution in [-0.4, -0.2) is 0 Å². The summed E-state index contributed by atoms with van der Waals surface area (Å²) in [6, 6.07) is 5.83. The second-order valence-electron chi connectivity index (χ2n) is 3.34. The Labute approximate surface area is 82.8 Å². The van der Waals surface area contributed by atoms with Crippen molar-refractivity contribution in [2.75, 3.05) is 0 Å². The molecule has 1 aromatic rings. The van der Waals surface area contributed by atoms with Crippen LogP contribution in [-0.2, 0) is 0 Å². The average Bonchev–Trinajstić information content (AvgIpc) is 2.04. The summed E-state index contributed by atoms with van der Waals surface area (Å²) in [5, 5.41) is 0. The molecule has 1 rings (SSSR count). The molecule has 0 aromatic heterocycles. The fourth-order valence-corrected chi connectivity index (χ4v) is 1.44. The lowest BCUT2D eigenvalue weighted by atomic mass is 10.0. The van der Waals surface area contributed by atoms with Gasteiger partial charge in [-0.25, -0.2) is 0 Å². The Hall–Kier alpha value is -0.700. The van der Waals surface area contributed by atoms with Gasteiger partial charge in [0, 0.05) is 0 Å². The number of halogens is 1. The first-order valence-electron chi connectivity index (χ1n) is 4.21. The van der Waals surface area contributed by atoms with Gasteiger partial charge in [0.15, 0.2) is 0 Å². The van der Waals surface area contributed by atoms with Gasteiger partial charge in [-0.05, 0) is 30.0 Å². The van der Waals surface area contributed by atoms with E-state index in [0.717, 1.165) is 11.1 Å². The first kappa shape index (κ1) is 10.4. The molecule has 1 aromatic carbocycles. The van der Waals surface area contributed by atoms with Gasteiger partial charge in [-0.1, -0.05) is 26.0 Å². The number of hydrogen-bond donors (Lipinski definition) is 0. The Kier molecular flexibility index (Phi) is 3.60. The molecular formula is C10H13FOS. The summed E-state index contributed by atoms with van der Waals surface area (Å²) < 4.78 is 16.8. The van der Waals surface area contributed by atoms with E-state index in [1.54, 1.807) is 0 Å². The van der Waals surface area contributed by atoms with Crippen molar-refractivity contribution in [2.45, 2.75) is 26.7 Å². The van der Waals surface area contributed by atoms with Crippen LogP contribution in [0.3, 0.4) is 0 Å². The van der Waals surface area contributed by atoms with Gasteiger partial charge < -0.3 is 4.18 Å². The lowest BCUT2D eigenvalue weighted by molar-refractivity contribution is 0.594. The van der Waals surface area contributed by atoms with E-state index >= 15 is 0 Å². The van der Waals surface area contributed by atoms with E-state index in [-0.39, 0.29) is 12.4 Å². The summed E-state index contributed by atoms with van der Waals surface area (Å²) >= 11 is -0.105. The first-order valence-corrected chi connectivity index (χ1v) is 4.85. The van der Waals surface area contributed by atoms with Gasteiger partial charge in [-0.2, -0.15) is 0 Å². The van der Waals surface area contributed by atoms with E-state index in [4.69, 9.17) is 4.18 Å². The Bertz CT molecular complexity index is 286. The molecule has 0 amide bonds. The highest BCUT2D eigenvalue weighted by atomic mass is 32.2. The van der Waals surface area contributed by atoms with Gasteiger partial charge in [0.1, 0.15) is 5.75 Å². The minimum Gasteiger partial charge on any atom is -0.397 e. The van der Waals surface area contributed by atoms with Gasteiger partial charge >= 0.3 is 0 Å². The van der Waals surface area contributed by atoms with Crippen LogP contribution in [0.25, 0.3) is 0 Å². The Morgan fingerprint density at radius 2 is 2.08 bits per heavy atom. The highest BCUT2D eigenvalue weighted by molar-refractivity contribution is 7.89. The predicted molar refractivity (Wildman–Crippen MR) is 54.6 cm³/mol. The van der Waals surface area contributed by atoms with E-state index in [1.807, 2.05) is 25.1 Å². The van der Waals surface area contributed by atoms with E-state index in [2.05, 4.69) is 13.8 Å². The third-order valence-corrected chi connectivity index (χ3v) is 2.15.